The largest absolute Gasteiger partial charge is 0.353 e. The van der Waals surface area contributed by atoms with Crippen molar-refractivity contribution in [3.63, 3.8) is 0 Å². The maximum absolute atomic E-state index is 6.81. The van der Waals surface area contributed by atoms with Gasteiger partial charge in [-0.25, -0.2) is 0 Å². The summed E-state index contributed by atoms with van der Waals surface area (Å²) in [6, 6.07) is 0. The molecule has 0 saturated heterocycles. The first-order valence-electron chi connectivity index (χ1n) is 18.3. The van der Waals surface area contributed by atoms with E-state index in [9.17, 15) is 0 Å². The van der Waals surface area contributed by atoms with Gasteiger partial charge in [0.15, 0.2) is 18.9 Å². The van der Waals surface area contributed by atoms with Crippen molar-refractivity contribution < 1.29 is 28.4 Å². The molecule has 258 valence electrons. The Morgan fingerprint density at radius 3 is 2.18 bits per heavy atom. The van der Waals surface area contributed by atoms with Crippen LogP contribution in [0.25, 0.3) is 0 Å². The van der Waals surface area contributed by atoms with E-state index in [2.05, 4.69) is 45.6 Å². The van der Waals surface area contributed by atoms with Crippen LogP contribution in [0.15, 0.2) is 11.6 Å². The summed E-state index contributed by atoms with van der Waals surface area (Å²) in [4.78, 5) is 0. The van der Waals surface area contributed by atoms with E-state index < -0.39 is 5.60 Å². The van der Waals surface area contributed by atoms with Crippen molar-refractivity contribution in [2.24, 2.45) is 40.4 Å². The van der Waals surface area contributed by atoms with Crippen molar-refractivity contribution in [3.05, 3.63) is 11.6 Å². The molecule has 0 amide bonds. The first kappa shape index (κ1) is 36.9. The normalized spacial score (nSPS) is 37.3. The minimum atomic E-state index is -0.514. The van der Waals surface area contributed by atoms with E-state index in [0.717, 1.165) is 25.2 Å². The van der Waals surface area contributed by atoms with E-state index in [1.165, 1.54) is 32.1 Å². The van der Waals surface area contributed by atoms with E-state index in [4.69, 9.17) is 28.4 Å². The number of hydrogen-bond donors (Lipinski definition) is 0. The summed E-state index contributed by atoms with van der Waals surface area (Å²) in [6.45, 7) is 25.7. The predicted octanol–water partition coefficient (Wildman–Crippen LogP) is 8.92. The fraction of sp³-hybridized carbons (Fsp3) is 0.897. The molecule has 0 spiro atoms. The van der Waals surface area contributed by atoms with Crippen LogP contribution < -0.4 is 0 Å². The molecule has 0 radical (unpaired) electrons. The van der Waals surface area contributed by atoms with Gasteiger partial charge in [0, 0.05) is 38.1 Å². The second-order valence-corrected chi connectivity index (χ2v) is 15.4. The van der Waals surface area contributed by atoms with Gasteiger partial charge in [0.05, 0.1) is 12.2 Å². The standard InChI is InChI=1S/C39H66O6/c1-12-40-27(5)43-31-24-30-17-18-32-34-20-19-33(26(4)16-15-22-37(8,9)45-29(7)42-14-3)38(34,10)23-21-35(32)39(30,11)36(25-31)44-28(6)41-13-2/h17,26-29,31-36H,12-14,16,18-21,23-25H2,1-11H3/t26-,27?,28?,29?,31-,32+,33-,34+,35+,36+,38-,39+/m1/s1. The summed E-state index contributed by atoms with van der Waals surface area (Å²) in [5, 5.41) is 0. The molecular weight excluding hydrogens is 564 g/mol. The summed E-state index contributed by atoms with van der Waals surface area (Å²) >= 11 is 0. The molecule has 3 saturated carbocycles. The number of hydrogen-bond acceptors (Lipinski definition) is 6. The highest BCUT2D eigenvalue weighted by Crippen LogP contribution is 2.67. The molecule has 4 aliphatic rings. The maximum Gasteiger partial charge on any atom is 0.156 e. The molecule has 0 heterocycles. The van der Waals surface area contributed by atoms with Gasteiger partial charge in [0.25, 0.3) is 0 Å². The SMILES string of the molecule is CCOC(C)O[C@@H]1CC2=CC[C@H]3[C@@H]4CC[C@H]([C@H](C)CC#CC(C)(C)OC(C)OCC)[C@@]4(C)CC[C@@H]3[C@@]2(C)[C@@H](OC(C)OCC)C1. The molecule has 0 aliphatic heterocycles. The van der Waals surface area contributed by atoms with Crippen molar-refractivity contribution in [1.82, 2.24) is 0 Å². The van der Waals surface area contributed by atoms with Gasteiger partial charge in [-0.1, -0.05) is 44.3 Å². The van der Waals surface area contributed by atoms with Crippen LogP contribution in [0.1, 0.15) is 128 Å². The topological polar surface area (TPSA) is 55.4 Å². The molecular formula is C39H66O6. The molecule has 4 aliphatic carbocycles. The van der Waals surface area contributed by atoms with Crippen LogP contribution in [0, 0.1) is 52.3 Å². The van der Waals surface area contributed by atoms with Crippen molar-refractivity contribution in [2.45, 2.75) is 164 Å². The molecule has 0 aromatic heterocycles. The molecule has 12 atom stereocenters. The monoisotopic (exact) mass is 630 g/mol. The maximum atomic E-state index is 6.81. The summed E-state index contributed by atoms with van der Waals surface area (Å²) in [5.41, 5.74) is 1.40. The Kier molecular flexibility index (Phi) is 12.7. The fourth-order valence-corrected chi connectivity index (χ4v) is 10.3. The van der Waals surface area contributed by atoms with Crippen LogP contribution in [0.2, 0.25) is 0 Å². The minimum Gasteiger partial charge on any atom is -0.353 e. The fourth-order valence-electron chi connectivity index (χ4n) is 10.3. The predicted molar refractivity (Wildman–Crippen MR) is 180 cm³/mol. The van der Waals surface area contributed by atoms with E-state index in [1.54, 1.807) is 5.57 Å². The van der Waals surface area contributed by atoms with Crippen LogP contribution >= 0.6 is 0 Å². The summed E-state index contributed by atoms with van der Waals surface area (Å²) < 4.78 is 36.6. The van der Waals surface area contributed by atoms with Gasteiger partial charge in [0.1, 0.15) is 5.60 Å². The lowest BCUT2D eigenvalue weighted by Crippen LogP contribution is -2.57. The Labute approximate surface area is 276 Å². The zero-order valence-electron chi connectivity index (χ0n) is 30.6. The highest BCUT2D eigenvalue weighted by molar-refractivity contribution is 5.28. The van der Waals surface area contributed by atoms with Gasteiger partial charge < -0.3 is 28.4 Å². The van der Waals surface area contributed by atoms with Crippen molar-refractivity contribution in [1.29, 1.82) is 0 Å². The van der Waals surface area contributed by atoms with Crippen LogP contribution in [-0.2, 0) is 28.4 Å². The number of ether oxygens (including phenoxy) is 6. The minimum absolute atomic E-state index is 0.00368. The lowest BCUT2D eigenvalue weighted by molar-refractivity contribution is -0.229. The molecule has 0 aromatic carbocycles. The summed E-state index contributed by atoms with van der Waals surface area (Å²) in [6.07, 6.45) is 11.2. The van der Waals surface area contributed by atoms with Gasteiger partial charge in [-0.15, -0.1) is 0 Å². The van der Waals surface area contributed by atoms with E-state index >= 15 is 0 Å². The molecule has 6 heteroatoms. The highest BCUT2D eigenvalue weighted by Gasteiger charge is 2.61. The Bertz CT molecular complexity index is 1040. The lowest BCUT2D eigenvalue weighted by atomic mass is 9.46. The highest BCUT2D eigenvalue weighted by atomic mass is 16.7. The Balaban J connectivity index is 1.50. The third-order valence-electron chi connectivity index (χ3n) is 12.1. The third-order valence-corrected chi connectivity index (χ3v) is 12.1. The second-order valence-electron chi connectivity index (χ2n) is 15.4. The zero-order valence-corrected chi connectivity index (χ0v) is 30.6. The summed E-state index contributed by atoms with van der Waals surface area (Å²) in [7, 11) is 0. The lowest BCUT2D eigenvalue weighted by Gasteiger charge is -2.60. The van der Waals surface area contributed by atoms with Crippen molar-refractivity contribution >= 4 is 0 Å². The number of fused-ring (bicyclic) bond motifs is 5. The summed E-state index contributed by atoms with van der Waals surface area (Å²) in [5.74, 6) is 10.3. The smallest absolute Gasteiger partial charge is 0.156 e. The second kappa shape index (κ2) is 15.5. The molecule has 0 bridgehead atoms. The zero-order chi connectivity index (χ0) is 33.0. The van der Waals surface area contributed by atoms with Gasteiger partial charge >= 0.3 is 0 Å². The first-order valence-corrected chi connectivity index (χ1v) is 18.3. The van der Waals surface area contributed by atoms with E-state index in [0.29, 0.717) is 48.9 Å². The van der Waals surface area contributed by atoms with Gasteiger partial charge in [0.2, 0.25) is 0 Å². The van der Waals surface area contributed by atoms with E-state index in [1.807, 2.05) is 48.5 Å². The molecule has 3 unspecified atom stereocenters. The third kappa shape index (κ3) is 8.21. The van der Waals surface area contributed by atoms with Crippen LogP contribution in [-0.4, -0.2) is 56.5 Å². The van der Waals surface area contributed by atoms with Crippen LogP contribution in [0.3, 0.4) is 0 Å². The van der Waals surface area contributed by atoms with Crippen LogP contribution in [0.4, 0.5) is 0 Å². The van der Waals surface area contributed by atoms with Crippen molar-refractivity contribution in [3.8, 4) is 11.8 Å². The van der Waals surface area contributed by atoms with Gasteiger partial charge in [-0.2, -0.15) is 0 Å². The molecule has 0 N–H and O–H groups in total. The average molecular weight is 631 g/mol. The first-order chi connectivity index (χ1) is 21.3. The average Bonchev–Trinajstić information content (AvgIpc) is 3.31. The molecule has 6 nitrogen and oxygen atoms in total. The Morgan fingerprint density at radius 2 is 1.51 bits per heavy atom. The molecule has 3 fully saturated rings. The van der Waals surface area contributed by atoms with Crippen LogP contribution in [0.5, 0.6) is 0 Å². The van der Waals surface area contributed by atoms with Gasteiger partial charge in [-0.05, 0) is 129 Å². The van der Waals surface area contributed by atoms with Gasteiger partial charge in [-0.3, -0.25) is 0 Å². The Morgan fingerprint density at radius 1 is 0.867 bits per heavy atom. The molecule has 45 heavy (non-hydrogen) atoms. The quantitative estimate of drug-likeness (QED) is 0.109. The molecule has 0 aromatic rings. The molecule has 4 rings (SSSR count). The Hall–Kier alpha value is -0.940. The number of allylic oxidation sites excluding steroid dienone is 1. The van der Waals surface area contributed by atoms with Crippen molar-refractivity contribution in [2.75, 3.05) is 19.8 Å². The number of rotatable bonds is 14. The van der Waals surface area contributed by atoms with E-state index in [-0.39, 0.29) is 36.5 Å².